The molecule has 0 spiro atoms. The molecule has 0 aromatic heterocycles. The molecule has 0 aromatic carbocycles. The molecule has 5 heteroatoms. The van der Waals surface area contributed by atoms with E-state index in [0.717, 1.165) is 12.8 Å². The number of carbonyl (C=O) groups is 2. The molecule has 1 heterocycles. The standard InChI is InChI=1S/C16H24O5/c1-14-5-3-6-15(2,13(19)20)10(14)4-7-16(9-17)11(14)8-12(18)21-16/h10-11,17H,3-9H2,1-2H3,(H,19,20)/t10-,11?,14+,15+,16-/m1/s1. The van der Waals surface area contributed by atoms with Gasteiger partial charge in [0, 0.05) is 5.92 Å². The van der Waals surface area contributed by atoms with Crippen LogP contribution in [-0.2, 0) is 14.3 Å². The summed E-state index contributed by atoms with van der Waals surface area (Å²) >= 11 is 0. The van der Waals surface area contributed by atoms with Gasteiger partial charge in [-0.05, 0) is 43.9 Å². The van der Waals surface area contributed by atoms with Gasteiger partial charge in [0.25, 0.3) is 0 Å². The maximum atomic E-state index is 11.8. The number of carbonyl (C=O) groups excluding carboxylic acids is 1. The second-order valence-corrected chi connectivity index (χ2v) is 7.63. The van der Waals surface area contributed by atoms with Gasteiger partial charge in [-0.3, -0.25) is 9.59 Å². The number of aliphatic carboxylic acids is 1. The number of hydrogen-bond acceptors (Lipinski definition) is 4. The number of fused-ring (bicyclic) bond motifs is 3. The van der Waals surface area contributed by atoms with Crippen LogP contribution in [0.1, 0.15) is 52.4 Å². The van der Waals surface area contributed by atoms with Crippen LogP contribution in [0.4, 0.5) is 0 Å². The van der Waals surface area contributed by atoms with E-state index in [1.807, 2.05) is 6.92 Å². The predicted molar refractivity (Wildman–Crippen MR) is 74.4 cm³/mol. The lowest BCUT2D eigenvalue weighted by Crippen LogP contribution is -2.60. The lowest BCUT2D eigenvalue weighted by atomic mass is 9.45. The van der Waals surface area contributed by atoms with Crippen LogP contribution in [0.3, 0.4) is 0 Å². The molecule has 0 bridgehead atoms. The molecule has 2 saturated carbocycles. The summed E-state index contributed by atoms with van der Waals surface area (Å²) in [6.07, 6.45) is 4.03. The summed E-state index contributed by atoms with van der Waals surface area (Å²) in [5, 5.41) is 19.5. The Hall–Kier alpha value is -1.10. The molecule has 5 atom stereocenters. The van der Waals surface area contributed by atoms with Gasteiger partial charge in [0.1, 0.15) is 5.60 Å². The fourth-order valence-electron chi connectivity index (χ4n) is 5.60. The summed E-state index contributed by atoms with van der Waals surface area (Å²) in [5.74, 6) is -1.02. The highest BCUT2D eigenvalue weighted by molar-refractivity contribution is 5.76. The Kier molecular flexibility index (Phi) is 3.14. The molecule has 2 aliphatic carbocycles. The highest BCUT2D eigenvalue weighted by Crippen LogP contribution is 2.65. The van der Waals surface area contributed by atoms with Crippen LogP contribution in [0.15, 0.2) is 0 Å². The Bertz CT molecular complexity index is 485. The zero-order valence-electron chi connectivity index (χ0n) is 12.7. The van der Waals surface area contributed by atoms with Crippen LogP contribution in [0.5, 0.6) is 0 Å². The monoisotopic (exact) mass is 296 g/mol. The van der Waals surface area contributed by atoms with E-state index in [2.05, 4.69) is 6.92 Å². The molecule has 3 aliphatic rings. The van der Waals surface area contributed by atoms with Crippen LogP contribution >= 0.6 is 0 Å². The minimum atomic E-state index is -0.779. The molecule has 0 amide bonds. The van der Waals surface area contributed by atoms with Crippen LogP contribution in [-0.4, -0.2) is 34.4 Å². The molecule has 3 fully saturated rings. The summed E-state index contributed by atoms with van der Waals surface area (Å²) < 4.78 is 5.51. The fraction of sp³-hybridized carbons (Fsp3) is 0.875. The molecule has 5 nitrogen and oxygen atoms in total. The number of rotatable bonds is 2. The van der Waals surface area contributed by atoms with Gasteiger partial charge < -0.3 is 14.9 Å². The summed E-state index contributed by atoms with van der Waals surface area (Å²) in [4.78, 5) is 23.7. The van der Waals surface area contributed by atoms with Gasteiger partial charge in [-0.25, -0.2) is 0 Å². The third-order valence-corrected chi connectivity index (χ3v) is 6.71. The summed E-state index contributed by atoms with van der Waals surface area (Å²) in [7, 11) is 0. The van der Waals surface area contributed by atoms with Crippen molar-refractivity contribution in [3.05, 3.63) is 0 Å². The van der Waals surface area contributed by atoms with Crippen molar-refractivity contribution in [2.45, 2.75) is 58.0 Å². The van der Waals surface area contributed by atoms with Crippen molar-refractivity contribution in [2.24, 2.45) is 22.7 Å². The molecule has 21 heavy (non-hydrogen) atoms. The summed E-state index contributed by atoms with van der Waals surface area (Å²) in [6.45, 7) is 3.80. The van der Waals surface area contributed by atoms with E-state index in [-0.39, 0.29) is 29.8 Å². The molecule has 1 aliphatic heterocycles. The lowest BCUT2D eigenvalue weighted by Gasteiger charge is -2.59. The van der Waals surface area contributed by atoms with Crippen molar-refractivity contribution in [1.82, 2.24) is 0 Å². The first-order valence-electron chi connectivity index (χ1n) is 7.85. The maximum absolute atomic E-state index is 11.8. The Labute approximate surface area is 124 Å². The molecule has 3 rings (SSSR count). The number of carboxylic acids is 1. The largest absolute Gasteiger partial charge is 0.481 e. The molecular weight excluding hydrogens is 272 g/mol. The Morgan fingerprint density at radius 3 is 2.62 bits per heavy atom. The molecule has 118 valence electrons. The fourth-order valence-corrected chi connectivity index (χ4v) is 5.60. The van der Waals surface area contributed by atoms with Crippen LogP contribution < -0.4 is 0 Å². The van der Waals surface area contributed by atoms with E-state index in [1.165, 1.54) is 0 Å². The number of hydrogen-bond donors (Lipinski definition) is 2. The Balaban J connectivity index is 2.03. The zero-order valence-corrected chi connectivity index (χ0v) is 12.7. The molecule has 1 saturated heterocycles. The van der Waals surface area contributed by atoms with Crippen LogP contribution in [0.25, 0.3) is 0 Å². The van der Waals surface area contributed by atoms with Crippen molar-refractivity contribution in [3.8, 4) is 0 Å². The van der Waals surface area contributed by atoms with E-state index < -0.39 is 17.0 Å². The van der Waals surface area contributed by atoms with Crippen LogP contribution in [0.2, 0.25) is 0 Å². The van der Waals surface area contributed by atoms with E-state index in [1.54, 1.807) is 0 Å². The average Bonchev–Trinajstić information content (AvgIpc) is 2.77. The second-order valence-electron chi connectivity index (χ2n) is 7.63. The molecule has 0 radical (unpaired) electrons. The third-order valence-electron chi connectivity index (χ3n) is 6.71. The van der Waals surface area contributed by atoms with Crippen molar-refractivity contribution in [1.29, 1.82) is 0 Å². The minimum Gasteiger partial charge on any atom is -0.481 e. The smallest absolute Gasteiger partial charge is 0.309 e. The number of carboxylic acid groups (broad SMARTS) is 1. The minimum absolute atomic E-state index is 0.0374. The van der Waals surface area contributed by atoms with Crippen LogP contribution in [0, 0.1) is 22.7 Å². The first kappa shape index (κ1) is 14.8. The number of ether oxygens (including phenoxy) is 1. The van der Waals surface area contributed by atoms with E-state index in [4.69, 9.17) is 4.74 Å². The normalized spacial score (nSPS) is 49.2. The second kappa shape index (κ2) is 4.45. The molecular formula is C16H24O5. The predicted octanol–water partition coefficient (Wildman–Crippen LogP) is 1.97. The van der Waals surface area contributed by atoms with Crippen molar-refractivity contribution in [2.75, 3.05) is 6.61 Å². The van der Waals surface area contributed by atoms with Gasteiger partial charge in [0.15, 0.2) is 0 Å². The zero-order chi connectivity index (χ0) is 15.5. The summed E-state index contributed by atoms with van der Waals surface area (Å²) in [6, 6.07) is 0. The average molecular weight is 296 g/mol. The molecule has 1 unspecified atom stereocenters. The first-order chi connectivity index (χ1) is 9.78. The maximum Gasteiger partial charge on any atom is 0.309 e. The van der Waals surface area contributed by atoms with Gasteiger partial charge in [0.05, 0.1) is 18.4 Å². The highest BCUT2D eigenvalue weighted by Gasteiger charge is 2.66. The van der Waals surface area contributed by atoms with E-state index in [0.29, 0.717) is 25.7 Å². The van der Waals surface area contributed by atoms with E-state index >= 15 is 0 Å². The van der Waals surface area contributed by atoms with Gasteiger partial charge in [-0.15, -0.1) is 0 Å². The number of aliphatic hydroxyl groups is 1. The number of esters is 1. The lowest BCUT2D eigenvalue weighted by molar-refractivity contribution is -0.192. The number of aliphatic hydroxyl groups excluding tert-OH is 1. The Morgan fingerprint density at radius 1 is 1.29 bits per heavy atom. The van der Waals surface area contributed by atoms with Gasteiger partial charge in [0.2, 0.25) is 0 Å². The molecule has 2 N–H and O–H groups in total. The summed E-state index contributed by atoms with van der Waals surface area (Å²) in [5.41, 5.74) is -1.77. The van der Waals surface area contributed by atoms with Gasteiger partial charge in [-0.2, -0.15) is 0 Å². The van der Waals surface area contributed by atoms with Crippen molar-refractivity contribution >= 4 is 11.9 Å². The van der Waals surface area contributed by atoms with Gasteiger partial charge in [-0.1, -0.05) is 13.3 Å². The third kappa shape index (κ3) is 1.79. The Morgan fingerprint density at radius 2 is 2.00 bits per heavy atom. The quantitative estimate of drug-likeness (QED) is 0.761. The van der Waals surface area contributed by atoms with E-state index in [9.17, 15) is 19.8 Å². The van der Waals surface area contributed by atoms with Gasteiger partial charge >= 0.3 is 11.9 Å². The highest BCUT2D eigenvalue weighted by atomic mass is 16.6. The topological polar surface area (TPSA) is 83.8 Å². The SMILES string of the molecule is C[C@]1(C(=O)O)CCC[C@]2(C)C3CC(=O)O[C@@]3(CO)CC[C@@H]12. The van der Waals surface area contributed by atoms with Crippen molar-refractivity contribution < 1.29 is 24.5 Å². The van der Waals surface area contributed by atoms with Crippen molar-refractivity contribution in [3.63, 3.8) is 0 Å². The molecule has 0 aromatic rings. The first-order valence-corrected chi connectivity index (χ1v) is 7.85.